The van der Waals surface area contributed by atoms with Crippen LogP contribution in [0, 0.1) is 0 Å². The summed E-state index contributed by atoms with van der Waals surface area (Å²) < 4.78 is 2.40. The molecule has 0 unspecified atom stereocenters. The van der Waals surface area contributed by atoms with E-state index in [0.717, 1.165) is 65.2 Å². The number of hydrogen-bond acceptors (Lipinski definition) is 4. The number of benzene rings is 10. The van der Waals surface area contributed by atoms with Crippen LogP contribution in [0.2, 0.25) is 0 Å². The number of thiophene rings is 1. The van der Waals surface area contributed by atoms with E-state index in [9.17, 15) is 0 Å². The maximum atomic E-state index is 5.64. The normalized spacial score (nSPS) is 11.7. The molecule has 0 aliphatic rings. The maximum absolute atomic E-state index is 5.64. The first-order valence-electron chi connectivity index (χ1n) is 19.9. The zero-order valence-electron chi connectivity index (χ0n) is 31.8. The summed E-state index contributed by atoms with van der Waals surface area (Å²) in [5.74, 6) is 1.93. The van der Waals surface area contributed by atoms with Crippen molar-refractivity contribution < 1.29 is 0 Å². The summed E-state index contributed by atoms with van der Waals surface area (Å²) in [6, 6.07) is 71.6. The quantitative estimate of drug-likeness (QED) is 0.175. The number of nitrogens with zero attached hydrogens (tertiary/aromatic N) is 3. The average Bonchev–Trinajstić information content (AvgIpc) is 3.69. The molecule has 0 aliphatic carbocycles. The van der Waals surface area contributed by atoms with Crippen LogP contribution in [0.4, 0.5) is 0 Å². The van der Waals surface area contributed by atoms with E-state index >= 15 is 0 Å². The molecule has 2 aromatic heterocycles. The fourth-order valence-electron chi connectivity index (χ4n) is 9.04. The Labute approximate surface area is 344 Å². The van der Waals surface area contributed by atoms with Crippen LogP contribution in [-0.2, 0) is 0 Å². The fourth-order valence-corrected chi connectivity index (χ4v) is 10.2. The summed E-state index contributed by atoms with van der Waals surface area (Å²) in [6.45, 7) is 0. The van der Waals surface area contributed by atoms with Crippen molar-refractivity contribution in [3.8, 4) is 56.4 Å². The highest BCUT2D eigenvalue weighted by atomic mass is 32.1. The zero-order valence-corrected chi connectivity index (χ0v) is 32.6. The molecule has 0 N–H and O–H groups in total. The largest absolute Gasteiger partial charge is 0.208 e. The van der Waals surface area contributed by atoms with E-state index in [-0.39, 0.29) is 0 Å². The van der Waals surface area contributed by atoms with Crippen LogP contribution in [0.15, 0.2) is 200 Å². The van der Waals surface area contributed by atoms with Crippen molar-refractivity contribution >= 4 is 74.6 Å². The van der Waals surface area contributed by atoms with Gasteiger partial charge >= 0.3 is 0 Å². The monoisotopic (exact) mass is 767 g/mol. The molecule has 0 amide bonds. The van der Waals surface area contributed by atoms with Crippen LogP contribution in [0.5, 0.6) is 0 Å². The Bertz CT molecular complexity index is 3450. The minimum Gasteiger partial charge on any atom is -0.208 e. The lowest BCUT2D eigenvalue weighted by atomic mass is 9.90. The number of hydrogen-bond donors (Lipinski definition) is 0. The molecular weight excluding hydrogens is 735 g/mol. The molecule has 12 rings (SSSR count). The van der Waals surface area contributed by atoms with Gasteiger partial charge in [0.1, 0.15) is 0 Å². The van der Waals surface area contributed by atoms with Crippen molar-refractivity contribution in [1.29, 1.82) is 0 Å². The SMILES string of the molecule is c1ccc2c(-c3ccc4ccccc4c3-c3nc(-c4c(-c5cccc6ccccc56)ccc5ccccc45)nc(-c4cccc5c4sc4ccccc45)n3)cccc2c1. The highest BCUT2D eigenvalue weighted by Crippen LogP contribution is 2.45. The van der Waals surface area contributed by atoms with Crippen molar-refractivity contribution in [2.75, 3.05) is 0 Å². The van der Waals surface area contributed by atoms with Gasteiger partial charge in [0.15, 0.2) is 17.5 Å². The summed E-state index contributed by atoms with van der Waals surface area (Å²) in [7, 11) is 0. The Kier molecular flexibility index (Phi) is 7.72. The summed E-state index contributed by atoms with van der Waals surface area (Å²) in [6.07, 6.45) is 0. The second-order valence-corrected chi connectivity index (χ2v) is 16.1. The first-order valence-corrected chi connectivity index (χ1v) is 20.8. The van der Waals surface area contributed by atoms with Gasteiger partial charge in [0.2, 0.25) is 0 Å². The van der Waals surface area contributed by atoms with E-state index in [1.807, 2.05) is 0 Å². The van der Waals surface area contributed by atoms with Crippen LogP contribution in [0.3, 0.4) is 0 Å². The highest BCUT2D eigenvalue weighted by Gasteiger charge is 2.24. The number of rotatable bonds is 5. The van der Waals surface area contributed by atoms with Crippen LogP contribution in [0.25, 0.3) is 120 Å². The van der Waals surface area contributed by atoms with Crippen molar-refractivity contribution in [3.05, 3.63) is 200 Å². The standard InChI is InChI=1S/C55H33N3S/c1-5-20-38-34(14-1)18-11-25-42(38)45-32-30-36-16-3-7-22-40(36)50(45)54-56-53(48-28-13-27-47-44-24-9-10-29-49(44)59-52(47)48)57-55(58-54)51-41-23-8-4-17-37(41)31-33-46(51)43-26-12-19-35-15-2-6-21-39(35)43/h1-33H. The van der Waals surface area contributed by atoms with Gasteiger partial charge in [0, 0.05) is 36.9 Å². The molecule has 0 saturated carbocycles. The molecule has 12 aromatic rings. The summed E-state index contributed by atoms with van der Waals surface area (Å²) in [5, 5.41) is 11.6. The van der Waals surface area contributed by atoms with Gasteiger partial charge in [-0.05, 0) is 77.5 Å². The molecular formula is C55H33N3S. The zero-order chi connectivity index (χ0) is 38.9. The lowest BCUT2D eigenvalue weighted by molar-refractivity contribution is 1.08. The molecule has 4 heteroatoms. The molecule has 0 atom stereocenters. The van der Waals surface area contributed by atoms with Gasteiger partial charge < -0.3 is 0 Å². The number of aromatic nitrogens is 3. The Balaban J connectivity index is 1.23. The fraction of sp³-hybridized carbons (Fsp3) is 0. The minimum absolute atomic E-state index is 0.639. The number of fused-ring (bicyclic) bond motifs is 7. The topological polar surface area (TPSA) is 38.7 Å². The Morgan fingerprint density at radius 3 is 1.20 bits per heavy atom. The average molecular weight is 768 g/mol. The summed E-state index contributed by atoms with van der Waals surface area (Å²) in [4.78, 5) is 16.7. The van der Waals surface area contributed by atoms with Gasteiger partial charge in [0.05, 0.1) is 0 Å². The van der Waals surface area contributed by atoms with E-state index in [1.165, 1.54) is 37.0 Å². The van der Waals surface area contributed by atoms with Gasteiger partial charge in [-0.25, -0.2) is 15.0 Å². The second-order valence-electron chi connectivity index (χ2n) is 15.1. The van der Waals surface area contributed by atoms with Crippen molar-refractivity contribution in [1.82, 2.24) is 15.0 Å². The predicted octanol–water partition coefficient (Wildman–Crippen LogP) is 15.2. The van der Waals surface area contributed by atoms with Crippen LogP contribution in [0.1, 0.15) is 0 Å². The minimum atomic E-state index is 0.639. The second kappa shape index (κ2) is 13.6. The molecule has 0 saturated heterocycles. The van der Waals surface area contributed by atoms with Gasteiger partial charge in [0.25, 0.3) is 0 Å². The maximum Gasteiger partial charge on any atom is 0.165 e. The molecule has 0 fully saturated rings. The van der Waals surface area contributed by atoms with E-state index in [0.29, 0.717) is 17.5 Å². The molecule has 0 spiro atoms. The van der Waals surface area contributed by atoms with E-state index in [1.54, 1.807) is 11.3 Å². The molecule has 0 aliphatic heterocycles. The molecule has 274 valence electrons. The first-order chi connectivity index (χ1) is 29.3. The first kappa shape index (κ1) is 33.6. The van der Waals surface area contributed by atoms with Gasteiger partial charge in [-0.3, -0.25) is 0 Å². The van der Waals surface area contributed by atoms with E-state index in [2.05, 4.69) is 200 Å². The van der Waals surface area contributed by atoms with Crippen LogP contribution >= 0.6 is 11.3 Å². The molecule has 10 aromatic carbocycles. The Morgan fingerprint density at radius 1 is 0.254 bits per heavy atom. The van der Waals surface area contributed by atoms with E-state index < -0.39 is 0 Å². The van der Waals surface area contributed by atoms with Crippen molar-refractivity contribution in [2.24, 2.45) is 0 Å². The smallest absolute Gasteiger partial charge is 0.165 e. The van der Waals surface area contributed by atoms with Crippen molar-refractivity contribution in [3.63, 3.8) is 0 Å². The van der Waals surface area contributed by atoms with E-state index in [4.69, 9.17) is 15.0 Å². The lowest BCUT2D eigenvalue weighted by Crippen LogP contribution is -2.03. The Morgan fingerprint density at radius 2 is 0.644 bits per heavy atom. The third kappa shape index (κ3) is 5.45. The molecule has 0 bridgehead atoms. The summed E-state index contributed by atoms with van der Waals surface area (Å²) in [5.41, 5.74) is 7.40. The lowest BCUT2D eigenvalue weighted by Gasteiger charge is -2.18. The molecule has 59 heavy (non-hydrogen) atoms. The summed E-state index contributed by atoms with van der Waals surface area (Å²) >= 11 is 1.79. The molecule has 3 nitrogen and oxygen atoms in total. The Hall–Kier alpha value is -7.53. The van der Waals surface area contributed by atoms with Crippen LogP contribution < -0.4 is 0 Å². The van der Waals surface area contributed by atoms with Gasteiger partial charge in [-0.2, -0.15) is 0 Å². The third-order valence-corrected chi connectivity index (χ3v) is 13.0. The highest BCUT2D eigenvalue weighted by molar-refractivity contribution is 7.26. The predicted molar refractivity (Wildman–Crippen MR) is 250 cm³/mol. The molecule has 2 heterocycles. The van der Waals surface area contributed by atoms with Crippen molar-refractivity contribution in [2.45, 2.75) is 0 Å². The van der Waals surface area contributed by atoms with Gasteiger partial charge in [-0.15, -0.1) is 11.3 Å². The van der Waals surface area contributed by atoms with Crippen LogP contribution in [-0.4, -0.2) is 15.0 Å². The van der Waals surface area contributed by atoms with Gasteiger partial charge in [-0.1, -0.05) is 188 Å². The third-order valence-electron chi connectivity index (χ3n) is 11.7. The molecule has 0 radical (unpaired) electrons.